The number of carbonyl (C=O) groups excluding carboxylic acids is 2. The summed E-state index contributed by atoms with van der Waals surface area (Å²) in [6.45, 7) is 11.3. The number of hydrogen-bond donors (Lipinski definition) is 0. The van der Waals surface area contributed by atoms with Gasteiger partial charge in [0.25, 0.3) is 0 Å². The molecule has 0 fully saturated rings. The van der Waals surface area contributed by atoms with Gasteiger partial charge in [0.1, 0.15) is 17.7 Å². The molecule has 1 atom stereocenters. The molecule has 3 aromatic carbocycles. The van der Waals surface area contributed by atoms with Crippen molar-refractivity contribution in [1.29, 1.82) is 0 Å². The molecule has 230 valence electrons. The molecule has 0 aliphatic carbocycles. The lowest BCUT2D eigenvalue weighted by molar-refractivity contribution is -0.145. The van der Waals surface area contributed by atoms with Gasteiger partial charge in [0, 0.05) is 25.6 Å². The van der Waals surface area contributed by atoms with Gasteiger partial charge in [-0.05, 0) is 73.9 Å². The van der Waals surface area contributed by atoms with E-state index in [1.807, 2.05) is 80.1 Å². The summed E-state index contributed by atoms with van der Waals surface area (Å²) in [4.78, 5) is 27.9. The first-order valence-corrected chi connectivity index (χ1v) is 15.4. The van der Waals surface area contributed by atoms with E-state index < -0.39 is 11.5 Å². The van der Waals surface area contributed by atoms with E-state index in [0.717, 1.165) is 47.0 Å². The summed E-state index contributed by atoms with van der Waals surface area (Å²) >= 11 is 7.03. The van der Waals surface area contributed by atoms with Gasteiger partial charge < -0.3 is 14.4 Å². The van der Waals surface area contributed by atoms with E-state index in [1.165, 1.54) is 5.56 Å². The smallest absolute Gasteiger partial charge is 0.410 e. The zero-order valence-electron chi connectivity index (χ0n) is 25.6. The maximum atomic E-state index is 13.3. The van der Waals surface area contributed by atoms with Gasteiger partial charge in [-0.1, -0.05) is 77.5 Å². The summed E-state index contributed by atoms with van der Waals surface area (Å²) in [5.74, 6) is -0.737. The number of ether oxygens (including phenoxy) is 2. The Balaban J connectivity index is 1.46. The van der Waals surface area contributed by atoms with Crippen molar-refractivity contribution in [3.05, 3.63) is 106 Å². The Hall–Kier alpha value is -4.17. The second-order valence-corrected chi connectivity index (χ2v) is 12.5. The molecule has 1 aliphatic rings. The van der Waals surface area contributed by atoms with Crippen molar-refractivity contribution in [2.75, 3.05) is 6.54 Å². The van der Waals surface area contributed by atoms with Crippen molar-refractivity contribution in [3.63, 3.8) is 0 Å². The minimum Gasteiger partial charge on any atom is -0.461 e. The van der Waals surface area contributed by atoms with Crippen molar-refractivity contribution in [2.45, 2.75) is 77.7 Å². The normalized spacial score (nSPS) is 13.8. The van der Waals surface area contributed by atoms with E-state index in [0.29, 0.717) is 30.2 Å². The summed E-state index contributed by atoms with van der Waals surface area (Å²) in [7, 11) is 0. The molecule has 44 heavy (non-hydrogen) atoms. The second-order valence-electron chi connectivity index (χ2n) is 12.2. The van der Waals surface area contributed by atoms with Crippen LogP contribution in [-0.2, 0) is 40.4 Å². The predicted molar refractivity (Wildman–Crippen MR) is 171 cm³/mol. The van der Waals surface area contributed by atoms with Gasteiger partial charge in [-0.15, -0.1) is 11.7 Å². The Kier molecular flexibility index (Phi) is 9.69. The number of halogens is 1. The van der Waals surface area contributed by atoms with Crippen LogP contribution >= 0.6 is 11.6 Å². The van der Waals surface area contributed by atoms with Crippen molar-refractivity contribution < 1.29 is 19.1 Å². The number of allylic oxidation sites excluding steroid dienone is 1. The molecule has 0 N–H and O–H groups in total. The highest BCUT2D eigenvalue weighted by Gasteiger charge is 2.28. The molecule has 0 spiro atoms. The van der Waals surface area contributed by atoms with Crippen LogP contribution in [0.2, 0.25) is 5.02 Å². The van der Waals surface area contributed by atoms with Crippen LogP contribution in [0.1, 0.15) is 73.8 Å². The van der Waals surface area contributed by atoms with Crippen LogP contribution in [0.5, 0.6) is 0 Å². The number of fused-ring (bicyclic) bond motifs is 2. The van der Waals surface area contributed by atoms with E-state index >= 15 is 0 Å². The van der Waals surface area contributed by atoms with Crippen LogP contribution in [0.3, 0.4) is 0 Å². The van der Waals surface area contributed by atoms with Crippen LogP contribution < -0.4 is 0 Å². The monoisotopic (exact) mass is 614 g/mol. The number of unbranched alkanes of at least 4 members (excludes halogenated alkanes) is 1. The number of aryl methyl sites for hydroxylation is 1. The zero-order valence-corrected chi connectivity index (χ0v) is 26.3. The first-order valence-electron chi connectivity index (χ1n) is 15.0. The molecule has 9 heteroatoms. The average Bonchev–Trinajstić information content (AvgIpc) is 3.42. The lowest BCUT2D eigenvalue weighted by atomic mass is 9.85. The highest BCUT2D eigenvalue weighted by Crippen LogP contribution is 2.38. The lowest BCUT2D eigenvalue weighted by Crippen LogP contribution is -2.39. The molecule has 4 aromatic rings. The zero-order chi connectivity index (χ0) is 31.3. The molecule has 0 radical (unpaired) electrons. The third-order valence-electron chi connectivity index (χ3n) is 7.72. The van der Waals surface area contributed by atoms with Gasteiger partial charge in [-0.3, -0.25) is 4.79 Å². The first-order chi connectivity index (χ1) is 21.1. The minimum absolute atomic E-state index is 0.0834. The Bertz CT molecular complexity index is 1640. The summed E-state index contributed by atoms with van der Waals surface area (Å²) in [5.41, 5.74) is 5.65. The number of esters is 1. The van der Waals surface area contributed by atoms with Gasteiger partial charge in [0.2, 0.25) is 0 Å². The fourth-order valence-corrected chi connectivity index (χ4v) is 5.82. The maximum Gasteiger partial charge on any atom is 0.410 e. The summed E-state index contributed by atoms with van der Waals surface area (Å²) in [6.07, 6.45) is 4.13. The average molecular weight is 615 g/mol. The maximum absolute atomic E-state index is 13.3. The molecule has 0 bridgehead atoms. The van der Waals surface area contributed by atoms with E-state index in [4.69, 9.17) is 21.1 Å². The van der Waals surface area contributed by atoms with E-state index in [1.54, 1.807) is 4.90 Å². The molecule has 1 aromatic heterocycles. The number of amides is 1. The van der Waals surface area contributed by atoms with Crippen molar-refractivity contribution in [1.82, 2.24) is 19.9 Å². The fraction of sp³-hybridized carbons (Fsp3) is 0.371. The Morgan fingerprint density at radius 1 is 1.09 bits per heavy atom. The molecule has 1 unspecified atom stereocenters. The summed E-state index contributed by atoms with van der Waals surface area (Å²) < 4.78 is 13.2. The first kappa shape index (κ1) is 31.3. The molecule has 8 nitrogen and oxygen atoms in total. The lowest BCUT2D eigenvalue weighted by Gasteiger charge is -2.32. The molecule has 1 amide bonds. The van der Waals surface area contributed by atoms with Crippen LogP contribution in [0.15, 0.2) is 73.3 Å². The Morgan fingerprint density at radius 2 is 1.89 bits per heavy atom. The molecule has 0 saturated carbocycles. The quantitative estimate of drug-likeness (QED) is 0.104. The number of hydrogen-bond acceptors (Lipinski definition) is 6. The van der Waals surface area contributed by atoms with Gasteiger partial charge in [-0.2, -0.15) is 0 Å². The Morgan fingerprint density at radius 3 is 2.64 bits per heavy atom. The molecular formula is C35H39ClN4O4. The molecule has 5 rings (SSSR count). The topological polar surface area (TPSA) is 86.6 Å². The van der Waals surface area contributed by atoms with Crippen molar-refractivity contribution in [2.24, 2.45) is 0 Å². The highest BCUT2D eigenvalue weighted by atomic mass is 35.5. The number of carbonyl (C=O) groups is 2. The van der Waals surface area contributed by atoms with Crippen molar-refractivity contribution in [3.8, 4) is 0 Å². The third-order valence-corrected chi connectivity index (χ3v) is 8.12. The van der Waals surface area contributed by atoms with Crippen LogP contribution in [0.4, 0.5) is 4.79 Å². The van der Waals surface area contributed by atoms with Gasteiger partial charge >= 0.3 is 12.1 Å². The van der Waals surface area contributed by atoms with E-state index in [-0.39, 0.29) is 25.1 Å². The van der Waals surface area contributed by atoms with Crippen LogP contribution in [-0.4, -0.2) is 44.1 Å². The number of aromatic nitrogens is 3. The van der Waals surface area contributed by atoms with Gasteiger partial charge in [0.15, 0.2) is 0 Å². The minimum atomic E-state index is -0.576. The fourth-order valence-electron chi connectivity index (χ4n) is 5.49. The molecule has 1 aliphatic heterocycles. The molecule has 0 saturated heterocycles. The Labute approximate surface area is 263 Å². The number of rotatable bonds is 10. The summed E-state index contributed by atoms with van der Waals surface area (Å²) in [5, 5.41) is 9.20. The number of benzene rings is 3. The van der Waals surface area contributed by atoms with Crippen LogP contribution in [0, 0.1) is 0 Å². The SMILES string of the molecule is C=CCCCn1nnc2c(Cl)c(C(CC(=O)OCc3ccccc3)c3ccc4c(c3)CN(C(=O)OC(C)(C)C)CC4)ccc21. The van der Waals surface area contributed by atoms with Gasteiger partial charge in [-0.25, -0.2) is 9.48 Å². The third kappa shape index (κ3) is 7.48. The highest BCUT2D eigenvalue weighted by molar-refractivity contribution is 6.35. The van der Waals surface area contributed by atoms with Crippen LogP contribution in [0.25, 0.3) is 11.0 Å². The standard InChI is InChI=1S/C35H39ClN4O4/c1-5-6-10-18-40-30-16-15-28(32(36)33(30)37-38-40)29(21-31(41)43-23-24-11-8-7-9-12-24)26-14-13-25-17-19-39(22-27(25)20-26)34(42)44-35(2,3)4/h5,7-9,11-16,20,29H,1,6,10,17-19,21-23H2,2-4H3. The van der Waals surface area contributed by atoms with Crippen molar-refractivity contribution >= 4 is 34.7 Å². The second kappa shape index (κ2) is 13.6. The van der Waals surface area contributed by atoms with Gasteiger partial charge in [0.05, 0.1) is 17.0 Å². The summed E-state index contributed by atoms with van der Waals surface area (Å²) in [6, 6.07) is 19.7. The van der Waals surface area contributed by atoms with E-state index in [9.17, 15) is 9.59 Å². The van der Waals surface area contributed by atoms with E-state index in [2.05, 4.69) is 29.0 Å². The molecule has 2 heterocycles. The molecular weight excluding hydrogens is 576 g/mol. The predicted octanol–water partition coefficient (Wildman–Crippen LogP) is 7.61. The largest absolute Gasteiger partial charge is 0.461 e. The number of nitrogens with zero attached hydrogens (tertiary/aromatic N) is 4.